The van der Waals surface area contributed by atoms with Crippen molar-refractivity contribution in [3.8, 4) is 0 Å². The zero-order valence-corrected chi connectivity index (χ0v) is 22.3. The molecular weight excluding hydrogens is 517 g/mol. The number of alkyl halides is 4. The highest BCUT2D eigenvalue weighted by Gasteiger charge is 2.83. The molecule has 9 nitrogen and oxygen atoms in total. The van der Waals surface area contributed by atoms with Crippen LogP contribution < -0.4 is 16.4 Å². The monoisotopic (exact) mass is 550 g/mol. The number of Topliss-reactive ketones (excluding diaryl/α,β-unsaturated/α-hetero) is 1. The van der Waals surface area contributed by atoms with E-state index in [4.69, 9.17) is 17.3 Å². The summed E-state index contributed by atoms with van der Waals surface area (Å²) in [5.74, 6) is -6.86. The minimum atomic E-state index is -5.22. The number of nitrogens with two attached hydrogens (primary N) is 1. The Hall–Kier alpha value is -2.37. The van der Waals surface area contributed by atoms with E-state index in [0.29, 0.717) is 13.0 Å². The van der Waals surface area contributed by atoms with Gasteiger partial charge in [-0.15, -0.1) is 11.6 Å². The van der Waals surface area contributed by atoms with Crippen LogP contribution in [0.25, 0.3) is 0 Å². The third-order valence-electron chi connectivity index (χ3n) is 8.60. The van der Waals surface area contributed by atoms with Crippen molar-refractivity contribution in [2.24, 2.45) is 39.7 Å². The van der Waals surface area contributed by atoms with Crippen LogP contribution in [0.3, 0.4) is 0 Å². The summed E-state index contributed by atoms with van der Waals surface area (Å²) in [6.07, 6.45) is -4.62. The molecule has 3 aliphatic rings. The Morgan fingerprint density at radius 3 is 2.24 bits per heavy atom. The molecule has 1 aliphatic carbocycles. The summed E-state index contributed by atoms with van der Waals surface area (Å²) < 4.78 is 39.1. The van der Waals surface area contributed by atoms with Crippen LogP contribution in [0, 0.1) is 34.0 Å². The van der Waals surface area contributed by atoms with Crippen molar-refractivity contribution < 1.29 is 37.1 Å². The number of halogens is 4. The zero-order chi connectivity index (χ0) is 28.3. The van der Waals surface area contributed by atoms with Crippen LogP contribution in [0.2, 0.25) is 0 Å². The lowest BCUT2D eigenvalue weighted by Crippen LogP contribution is -2.62. The van der Waals surface area contributed by atoms with E-state index in [1.807, 2.05) is 13.8 Å². The highest BCUT2D eigenvalue weighted by molar-refractivity contribution is 6.28. The summed E-state index contributed by atoms with van der Waals surface area (Å²) in [7, 11) is 0. The molecule has 37 heavy (non-hydrogen) atoms. The molecule has 2 aliphatic heterocycles. The van der Waals surface area contributed by atoms with Crippen LogP contribution in [0.5, 0.6) is 0 Å². The zero-order valence-electron chi connectivity index (χ0n) is 21.5. The minimum Gasteiger partial charge on any atom is -0.368 e. The first-order valence-corrected chi connectivity index (χ1v) is 12.7. The average Bonchev–Trinajstić information content (AvgIpc) is 3.12. The van der Waals surface area contributed by atoms with Gasteiger partial charge in [-0.3, -0.25) is 24.0 Å². The van der Waals surface area contributed by atoms with E-state index in [1.54, 1.807) is 5.32 Å². The van der Waals surface area contributed by atoms with Gasteiger partial charge in [0, 0.05) is 30.3 Å². The van der Waals surface area contributed by atoms with Crippen LogP contribution >= 0.6 is 11.6 Å². The summed E-state index contributed by atoms with van der Waals surface area (Å²) in [6, 6.07) is -2.96. The van der Waals surface area contributed by atoms with E-state index in [2.05, 4.69) is 5.32 Å². The second kappa shape index (κ2) is 9.43. The quantitative estimate of drug-likeness (QED) is 0.392. The molecule has 0 aromatic heterocycles. The Morgan fingerprint density at radius 2 is 1.81 bits per heavy atom. The molecule has 0 aromatic rings. The predicted molar refractivity (Wildman–Crippen MR) is 127 cm³/mol. The summed E-state index contributed by atoms with van der Waals surface area (Å²) in [5, 5.41) is 4.50. The first kappa shape index (κ1) is 29.2. The van der Waals surface area contributed by atoms with Crippen molar-refractivity contribution >= 4 is 41.0 Å². The molecule has 2 saturated heterocycles. The van der Waals surface area contributed by atoms with Gasteiger partial charge in [-0.2, -0.15) is 13.2 Å². The first-order valence-electron chi connectivity index (χ1n) is 12.2. The molecule has 0 aromatic carbocycles. The number of ketones is 1. The molecule has 208 valence electrons. The number of rotatable bonds is 8. The lowest BCUT2D eigenvalue weighted by molar-refractivity contribution is -0.176. The smallest absolute Gasteiger partial charge is 0.368 e. The van der Waals surface area contributed by atoms with Gasteiger partial charge in [0.25, 0.3) is 0 Å². The standard InChI is InChI=1S/C24H34ClF3N4O5/c1-21(2,3)15(31-20(37)24(26,27)28)19(36)32-10-14-22(4,5)23(14,16(32)17(29)34)12(13(33)9-25)8-11-6-7-30-18(11)35/h11-12,14-16H,6-10H2,1-5H3,(H2,29,34)(H,30,35)(H,31,37)/t11-,12-,14?,15-,16?,23?/m1/s1. The molecule has 2 heterocycles. The Morgan fingerprint density at radius 1 is 1.22 bits per heavy atom. The third kappa shape index (κ3) is 4.70. The second-order valence-electron chi connectivity index (χ2n) is 11.9. The maximum absolute atomic E-state index is 13.7. The van der Waals surface area contributed by atoms with Gasteiger partial charge >= 0.3 is 12.1 Å². The summed E-state index contributed by atoms with van der Waals surface area (Å²) >= 11 is 5.96. The van der Waals surface area contributed by atoms with Crippen molar-refractivity contribution in [2.45, 2.75) is 65.7 Å². The number of likely N-dealkylation sites (tertiary alicyclic amines) is 1. The van der Waals surface area contributed by atoms with Crippen LogP contribution in [0.15, 0.2) is 0 Å². The summed E-state index contributed by atoms with van der Waals surface area (Å²) in [6.45, 7) is 8.54. The molecule has 0 spiro atoms. The molecule has 3 fully saturated rings. The minimum absolute atomic E-state index is 0.0448. The lowest BCUT2D eigenvalue weighted by atomic mass is 9.70. The van der Waals surface area contributed by atoms with Crippen molar-refractivity contribution in [3.63, 3.8) is 0 Å². The number of fused-ring (bicyclic) bond motifs is 1. The number of piperidine rings is 1. The molecule has 1 saturated carbocycles. The van der Waals surface area contributed by atoms with Crippen LogP contribution in [0.4, 0.5) is 13.2 Å². The van der Waals surface area contributed by atoms with Crippen LogP contribution in [-0.2, 0) is 24.0 Å². The number of carbonyl (C=O) groups excluding carboxylic acids is 5. The lowest BCUT2D eigenvalue weighted by Gasteiger charge is -2.41. The highest BCUT2D eigenvalue weighted by atomic mass is 35.5. The fourth-order valence-electron chi connectivity index (χ4n) is 6.78. The number of carbonyl (C=O) groups is 5. The average molecular weight is 551 g/mol. The van der Waals surface area contributed by atoms with Gasteiger partial charge in [-0.25, -0.2) is 0 Å². The van der Waals surface area contributed by atoms with Gasteiger partial charge in [0.05, 0.1) is 5.88 Å². The van der Waals surface area contributed by atoms with E-state index in [1.165, 1.54) is 20.8 Å². The van der Waals surface area contributed by atoms with Crippen LogP contribution in [0.1, 0.15) is 47.5 Å². The van der Waals surface area contributed by atoms with Gasteiger partial charge in [0.2, 0.25) is 17.7 Å². The van der Waals surface area contributed by atoms with E-state index in [9.17, 15) is 37.1 Å². The topological polar surface area (TPSA) is 139 Å². The van der Waals surface area contributed by atoms with Crippen molar-refractivity contribution in [1.29, 1.82) is 0 Å². The number of nitrogens with zero attached hydrogens (tertiary/aromatic N) is 1. The molecule has 6 atom stereocenters. The molecule has 0 bridgehead atoms. The van der Waals surface area contributed by atoms with Crippen molar-refractivity contribution in [1.82, 2.24) is 15.5 Å². The molecule has 4 amide bonds. The fourth-order valence-corrected chi connectivity index (χ4v) is 6.97. The maximum Gasteiger partial charge on any atom is 0.471 e. The molecule has 0 radical (unpaired) electrons. The van der Waals surface area contributed by atoms with Gasteiger partial charge in [-0.1, -0.05) is 34.6 Å². The van der Waals surface area contributed by atoms with Crippen molar-refractivity contribution in [2.75, 3.05) is 19.0 Å². The van der Waals surface area contributed by atoms with E-state index in [-0.39, 0.29) is 24.8 Å². The maximum atomic E-state index is 13.7. The third-order valence-corrected chi connectivity index (χ3v) is 8.87. The van der Waals surface area contributed by atoms with E-state index >= 15 is 0 Å². The van der Waals surface area contributed by atoms with Crippen molar-refractivity contribution in [3.05, 3.63) is 0 Å². The fraction of sp³-hybridized carbons (Fsp3) is 0.792. The van der Waals surface area contributed by atoms with Gasteiger partial charge < -0.3 is 21.3 Å². The molecular formula is C24H34ClF3N4O5. The predicted octanol–water partition coefficient (Wildman–Crippen LogP) is 1.37. The largest absolute Gasteiger partial charge is 0.471 e. The second-order valence-corrected chi connectivity index (χ2v) is 12.2. The molecule has 13 heteroatoms. The normalized spacial score (nSPS) is 30.2. The Labute approximate surface area is 218 Å². The van der Waals surface area contributed by atoms with E-state index < -0.39 is 75.8 Å². The Balaban J connectivity index is 2.04. The number of nitrogens with one attached hydrogen (secondary N) is 2. The SMILES string of the molecule is CC(C)(C)[C@H](NC(=O)C(F)(F)F)C(=O)N1CC2C(C)(C)C2([C@H](C[C@H]2CCNC2=O)C(=O)CCl)C1C(N)=O. The number of amides is 4. The molecule has 3 unspecified atom stereocenters. The summed E-state index contributed by atoms with van der Waals surface area (Å²) in [5.41, 5.74) is 2.86. The number of hydrogen-bond donors (Lipinski definition) is 3. The number of primary amides is 1. The van der Waals surface area contributed by atoms with Gasteiger partial charge in [-0.05, 0) is 29.6 Å². The Bertz CT molecular complexity index is 1010. The highest BCUT2D eigenvalue weighted by Crippen LogP contribution is 2.78. The number of hydrogen-bond acceptors (Lipinski definition) is 5. The summed E-state index contributed by atoms with van der Waals surface area (Å²) in [4.78, 5) is 65.1. The van der Waals surface area contributed by atoms with E-state index in [0.717, 1.165) is 4.90 Å². The van der Waals surface area contributed by atoms with Crippen LogP contribution in [-0.4, -0.2) is 71.5 Å². The Kier molecular flexibility index (Phi) is 7.44. The van der Waals surface area contributed by atoms with Gasteiger partial charge in [0.1, 0.15) is 12.1 Å². The molecule has 4 N–H and O–H groups in total. The van der Waals surface area contributed by atoms with Gasteiger partial charge in [0.15, 0.2) is 5.78 Å². The molecule has 3 rings (SSSR count). The first-order chi connectivity index (χ1) is 16.8.